The van der Waals surface area contributed by atoms with Gasteiger partial charge >= 0.3 is 0 Å². The lowest BCUT2D eigenvalue weighted by Crippen LogP contribution is -3.00. The SMILES string of the molecule is C=C(F)F.CC(F)CF.[F-]. The van der Waals surface area contributed by atoms with Crippen molar-refractivity contribution >= 4 is 0 Å². The summed E-state index contributed by atoms with van der Waals surface area (Å²) in [6.45, 7) is 2.54. The summed E-state index contributed by atoms with van der Waals surface area (Å²) in [7, 11) is 0. The van der Waals surface area contributed by atoms with Gasteiger partial charge in [-0.15, -0.1) is 0 Å². The third kappa shape index (κ3) is 156. The van der Waals surface area contributed by atoms with Crippen molar-refractivity contribution in [3.8, 4) is 0 Å². The van der Waals surface area contributed by atoms with Crippen molar-refractivity contribution in [3.05, 3.63) is 12.7 Å². The lowest BCUT2D eigenvalue weighted by Gasteiger charge is -1.83. The van der Waals surface area contributed by atoms with Gasteiger partial charge in [-0.2, -0.15) is 8.78 Å². The molecule has 0 N–H and O–H groups in total. The van der Waals surface area contributed by atoms with Crippen molar-refractivity contribution < 1.29 is 22.3 Å². The predicted octanol–water partition coefficient (Wildman–Crippen LogP) is -0.286. The maximum atomic E-state index is 11.1. The molecule has 0 radical (unpaired) electrons. The number of hydrogen-bond acceptors (Lipinski definition) is 0. The predicted molar refractivity (Wildman–Crippen MR) is 27.9 cm³/mol. The molecule has 0 bridgehead atoms. The minimum absolute atomic E-state index is 0. The molecule has 1 unspecified atom stereocenters. The summed E-state index contributed by atoms with van der Waals surface area (Å²) >= 11 is 0. The summed E-state index contributed by atoms with van der Waals surface area (Å²) in [4.78, 5) is 0. The smallest absolute Gasteiger partial charge is 0.263 e. The molecule has 0 nitrogen and oxygen atoms in total. The van der Waals surface area contributed by atoms with E-state index in [0.717, 1.165) is 0 Å². The van der Waals surface area contributed by atoms with Gasteiger partial charge in [-0.25, -0.2) is 8.78 Å². The van der Waals surface area contributed by atoms with Gasteiger partial charge in [0.05, 0.1) is 0 Å². The van der Waals surface area contributed by atoms with Crippen molar-refractivity contribution in [2.45, 2.75) is 13.1 Å². The molecular weight excluding hydrogens is 155 g/mol. The second kappa shape index (κ2) is 11.2. The Labute approximate surface area is 55.9 Å². The van der Waals surface area contributed by atoms with Crippen molar-refractivity contribution in [1.82, 2.24) is 0 Å². The largest absolute Gasteiger partial charge is 1.00 e. The van der Waals surface area contributed by atoms with E-state index < -0.39 is 18.9 Å². The summed E-state index contributed by atoms with van der Waals surface area (Å²) in [6, 6.07) is 0. The Morgan fingerprint density at radius 1 is 1.50 bits per heavy atom. The fraction of sp³-hybridized carbons (Fsp3) is 0.600. The Kier molecular flexibility index (Phi) is 18.2. The quantitative estimate of drug-likeness (QED) is 0.466. The minimum Gasteiger partial charge on any atom is -1.00 e. The van der Waals surface area contributed by atoms with E-state index in [1.807, 2.05) is 0 Å². The molecule has 1 atom stereocenters. The molecule has 0 aromatic carbocycles. The van der Waals surface area contributed by atoms with Crippen LogP contribution in [0.2, 0.25) is 0 Å². The molecule has 0 amide bonds. The molecule has 0 aliphatic rings. The minimum atomic E-state index is -1.83. The van der Waals surface area contributed by atoms with Crippen LogP contribution >= 0.6 is 0 Å². The van der Waals surface area contributed by atoms with Crippen LogP contribution in [0.25, 0.3) is 0 Å². The van der Waals surface area contributed by atoms with Crippen LogP contribution in [-0.4, -0.2) is 12.8 Å². The molecule has 5 heteroatoms. The van der Waals surface area contributed by atoms with Crippen LogP contribution in [0, 0.1) is 0 Å². The van der Waals surface area contributed by atoms with E-state index >= 15 is 0 Å². The van der Waals surface area contributed by atoms with Gasteiger partial charge in [0.25, 0.3) is 6.08 Å². The molecule has 0 spiro atoms. The Morgan fingerprint density at radius 2 is 1.60 bits per heavy atom. The first-order valence-corrected chi connectivity index (χ1v) is 2.20. The van der Waals surface area contributed by atoms with E-state index in [1.165, 1.54) is 6.92 Å². The average Bonchev–Trinajstić information content (AvgIpc) is 1.65. The van der Waals surface area contributed by atoms with E-state index in [9.17, 15) is 17.6 Å². The molecule has 0 aliphatic heterocycles. The second-order valence-corrected chi connectivity index (χ2v) is 1.27. The monoisotopic (exact) mass is 163 g/mol. The Bertz CT molecular complexity index is 66.4. The number of rotatable bonds is 1. The third-order valence-electron chi connectivity index (χ3n) is 0.213. The van der Waals surface area contributed by atoms with Crippen LogP contribution in [0.3, 0.4) is 0 Å². The van der Waals surface area contributed by atoms with Gasteiger partial charge in [0, 0.05) is 0 Å². The van der Waals surface area contributed by atoms with Crippen LogP contribution in [0.5, 0.6) is 0 Å². The van der Waals surface area contributed by atoms with Gasteiger partial charge in [0.2, 0.25) is 0 Å². The molecule has 0 saturated heterocycles. The maximum absolute atomic E-state index is 11.1. The summed E-state index contributed by atoms with van der Waals surface area (Å²) in [5.41, 5.74) is 0. The molecule has 64 valence electrons. The van der Waals surface area contributed by atoms with Crippen molar-refractivity contribution in [1.29, 1.82) is 0 Å². The fourth-order valence-corrected chi connectivity index (χ4v) is 0. The zero-order valence-corrected chi connectivity index (χ0v) is 5.38. The molecule has 0 aliphatic carbocycles. The lowest BCUT2D eigenvalue weighted by atomic mass is 10.5. The van der Waals surface area contributed by atoms with Gasteiger partial charge in [-0.3, -0.25) is 0 Å². The van der Waals surface area contributed by atoms with Crippen LogP contribution in [-0.2, 0) is 0 Å². The number of hydrogen-bond donors (Lipinski definition) is 0. The van der Waals surface area contributed by atoms with Gasteiger partial charge in [-0.1, -0.05) is 0 Å². The second-order valence-electron chi connectivity index (χ2n) is 1.27. The van der Waals surface area contributed by atoms with Gasteiger partial charge in [-0.05, 0) is 13.5 Å². The third-order valence-corrected chi connectivity index (χ3v) is 0.213. The zero-order valence-electron chi connectivity index (χ0n) is 5.38. The van der Waals surface area contributed by atoms with E-state index in [4.69, 9.17) is 0 Å². The van der Waals surface area contributed by atoms with Gasteiger partial charge in [0.1, 0.15) is 12.8 Å². The first kappa shape index (κ1) is 16.2. The molecule has 0 aromatic rings. The fourth-order valence-electron chi connectivity index (χ4n) is 0. The Hall–Kier alpha value is -0.610. The Balaban J connectivity index is -0.0000000910. The molecule has 0 heterocycles. The first-order chi connectivity index (χ1) is 4.00. The van der Waals surface area contributed by atoms with Crippen molar-refractivity contribution in [2.24, 2.45) is 0 Å². The highest BCUT2D eigenvalue weighted by molar-refractivity contribution is 4.57. The molecule has 0 rings (SSSR count). The number of halogens is 5. The average molecular weight is 163 g/mol. The van der Waals surface area contributed by atoms with Gasteiger partial charge < -0.3 is 4.70 Å². The van der Waals surface area contributed by atoms with Crippen molar-refractivity contribution in [3.63, 3.8) is 0 Å². The lowest BCUT2D eigenvalue weighted by molar-refractivity contribution is -0.00000506. The van der Waals surface area contributed by atoms with E-state index in [2.05, 4.69) is 6.58 Å². The van der Waals surface area contributed by atoms with Crippen LogP contribution in [0.1, 0.15) is 6.92 Å². The molecule has 10 heavy (non-hydrogen) atoms. The summed E-state index contributed by atoms with van der Waals surface area (Å²) in [5, 5.41) is 0. The maximum Gasteiger partial charge on any atom is 0.263 e. The van der Waals surface area contributed by atoms with Crippen molar-refractivity contribution in [2.75, 3.05) is 6.67 Å². The molecule has 0 saturated carbocycles. The highest BCUT2D eigenvalue weighted by atomic mass is 19.3. The normalized spacial score (nSPS) is 10.1. The topological polar surface area (TPSA) is 0 Å². The van der Waals surface area contributed by atoms with E-state index in [0.29, 0.717) is 0 Å². The van der Waals surface area contributed by atoms with Crippen LogP contribution in [0.15, 0.2) is 12.7 Å². The van der Waals surface area contributed by atoms with Gasteiger partial charge in [0.15, 0.2) is 0 Å². The Morgan fingerprint density at radius 3 is 1.60 bits per heavy atom. The summed E-state index contributed by atoms with van der Waals surface area (Å²) < 4.78 is 42.1. The zero-order chi connectivity index (χ0) is 7.86. The summed E-state index contributed by atoms with van der Waals surface area (Å²) in [6.07, 6.45) is -3.12. The standard InChI is InChI=1S/C3H6F2.C2H2F2.FH/c1-3(5)2-4;1-2(3)4;/h3H,2H2,1H3;1H2;1H/p-1. The number of alkyl halides is 2. The highest BCUT2D eigenvalue weighted by Crippen LogP contribution is 1.85. The van der Waals surface area contributed by atoms with Crippen LogP contribution in [0.4, 0.5) is 17.6 Å². The van der Waals surface area contributed by atoms with E-state index in [1.54, 1.807) is 0 Å². The summed E-state index contributed by atoms with van der Waals surface area (Å²) in [5.74, 6) is 0. The van der Waals surface area contributed by atoms with E-state index in [-0.39, 0.29) is 4.70 Å². The first-order valence-electron chi connectivity index (χ1n) is 2.20. The molecular formula is C5H8F5-. The van der Waals surface area contributed by atoms with Crippen LogP contribution < -0.4 is 4.70 Å². The molecule has 0 fully saturated rings. The highest BCUT2D eigenvalue weighted by Gasteiger charge is 1.89. The molecule has 0 aromatic heterocycles.